The molecule has 2 aromatic rings. The number of carboxylic acid groups (broad SMARTS) is 1. The lowest BCUT2D eigenvalue weighted by Crippen LogP contribution is -2.30. The van der Waals surface area contributed by atoms with Gasteiger partial charge in [0.05, 0.1) is 13.0 Å². The highest BCUT2D eigenvalue weighted by Gasteiger charge is 2.40. The monoisotopic (exact) mass is 353 g/mol. The summed E-state index contributed by atoms with van der Waals surface area (Å²) in [6.07, 6.45) is 1.01. The van der Waals surface area contributed by atoms with Crippen LogP contribution in [-0.4, -0.2) is 42.1 Å². The normalized spacial score (nSPS) is 19.3. The van der Waals surface area contributed by atoms with Crippen LogP contribution in [0.3, 0.4) is 0 Å². The lowest BCUT2D eigenvalue weighted by Gasteiger charge is -2.16. The molecule has 0 unspecified atom stereocenters. The molecule has 1 aliphatic rings. The molecule has 0 spiro atoms. The lowest BCUT2D eigenvalue weighted by atomic mass is 9.89. The van der Waals surface area contributed by atoms with Crippen molar-refractivity contribution in [3.8, 4) is 5.75 Å². The second-order valence-corrected chi connectivity index (χ2v) is 6.61. The van der Waals surface area contributed by atoms with Gasteiger partial charge < -0.3 is 14.7 Å². The molecule has 2 atom stereocenters. The highest BCUT2D eigenvalue weighted by atomic mass is 16.5. The van der Waals surface area contributed by atoms with Gasteiger partial charge >= 0.3 is 5.97 Å². The van der Waals surface area contributed by atoms with Gasteiger partial charge in [-0.2, -0.15) is 0 Å². The molecule has 2 aromatic carbocycles. The molecule has 1 aliphatic heterocycles. The standard InChI is InChI=1S/C21H23NO4/c1-26-17-10-7-15(8-11-17)9-12-20(23)22-13-18(19(14-22)21(24)25)16-5-3-2-4-6-16/h2-8,10-11,18-19H,9,12-14H2,1H3,(H,24,25)/t18-,19-/m0/s1. The van der Waals surface area contributed by atoms with Crippen LogP contribution in [0.5, 0.6) is 5.75 Å². The number of carbonyl (C=O) groups is 2. The summed E-state index contributed by atoms with van der Waals surface area (Å²) in [4.78, 5) is 25.9. The van der Waals surface area contributed by atoms with Crippen LogP contribution in [0.25, 0.3) is 0 Å². The molecule has 1 saturated heterocycles. The molecule has 0 bridgehead atoms. The molecule has 0 aromatic heterocycles. The predicted molar refractivity (Wildman–Crippen MR) is 98.2 cm³/mol. The van der Waals surface area contributed by atoms with E-state index in [2.05, 4.69) is 0 Å². The molecule has 3 rings (SSSR count). The maximum Gasteiger partial charge on any atom is 0.308 e. The highest BCUT2D eigenvalue weighted by molar-refractivity contribution is 5.80. The van der Waals surface area contributed by atoms with E-state index in [9.17, 15) is 14.7 Å². The van der Waals surface area contributed by atoms with Crippen molar-refractivity contribution in [2.24, 2.45) is 5.92 Å². The first-order chi connectivity index (χ1) is 12.6. The quantitative estimate of drug-likeness (QED) is 0.867. The molecule has 5 nitrogen and oxygen atoms in total. The Labute approximate surface area is 153 Å². The van der Waals surface area contributed by atoms with E-state index in [-0.39, 0.29) is 18.4 Å². The van der Waals surface area contributed by atoms with Crippen LogP contribution in [0, 0.1) is 5.92 Å². The Morgan fingerprint density at radius 3 is 2.38 bits per heavy atom. The largest absolute Gasteiger partial charge is 0.497 e. The Kier molecular flexibility index (Phi) is 5.56. The van der Waals surface area contributed by atoms with E-state index in [1.54, 1.807) is 12.0 Å². The molecule has 1 heterocycles. The van der Waals surface area contributed by atoms with Crippen molar-refractivity contribution >= 4 is 11.9 Å². The number of ether oxygens (including phenoxy) is 1. The third kappa shape index (κ3) is 4.04. The van der Waals surface area contributed by atoms with Gasteiger partial charge in [0, 0.05) is 25.4 Å². The number of aliphatic carboxylic acids is 1. The van der Waals surface area contributed by atoms with Crippen molar-refractivity contribution < 1.29 is 19.4 Å². The molecule has 0 aliphatic carbocycles. The number of aryl methyl sites for hydroxylation is 1. The summed E-state index contributed by atoms with van der Waals surface area (Å²) in [5.74, 6) is -0.759. The van der Waals surface area contributed by atoms with Crippen LogP contribution in [0.15, 0.2) is 54.6 Å². The zero-order chi connectivity index (χ0) is 18.5. The van der Waals surface area contributed by atoms with Gasteiger partial charge in [0.2, 0.25) is 5.91 Å². The Hall–Kier alpha value is -2.82. The second-order valence-electron chi connectivity index (χ2n) is 6.61. The van der Waals surface area contributed by atoms with Crippen LogP contribution in [0.2, 0.25) is 0 Å². The molecule has 1 amide bonds. The zero-order valence-electron chi connectivity index (χ0n) is 14.8. The minimum absolute atomic E-state index is 0.00509. The van der Waals surface area contributed by atoms with Gasteiger partial charge in [0.25, 0.3) is 0 Å². The third-order valence-electron chi connectivity index (χ3n) is 5.00. The highest BCUT2D eigenvalue weighted by Crippen LogP contribution is 2.33. The van der Waals surface area contributed by atoms with E-state index in [1.165, 1.54) is 0 Å². The number of carboxylic acids is 1. The first-order valence-electron chi connectivity index (χ1n) is 8.77. The molecule has 1 N–H and O–H groups in total. The number of hydrogen-bond donors (Lipinski definition) is 1. The Morgan fingerprint density at radius 2 is 1.77 bits per heavy atom. The fraction of sp³-hybridized carbons (Fsp3) is 0.333. The van der Waals surface area contributed by atoms with Crippen LogP contribution in [0.1, 0.15) is 23.5 Å². The fourth-order valence-electron chi connectivity index (χ4n) is 3.50. The zero-order valence-corrected chi connectivity index (χ0v) is 14.8. The summed E-state index contributed by atoms with van der Waals surface area (Å²) in [7, 11) is 1.62. The van der Waals surface area contributed by atoms with Crippen LogP contribution in [-0.2, 0) is 16.0 Å². The van der Waals surface area contributed by atoms with Crippen LogP contribution in [0.4, 0.5) is 0 Å². The molecule has 136 valence electrons. The second kappa shape index (κ2) is 8.04. The molecular weight excluding hydrogens is 330 g/mol. The predicted octanol–water partition coefficient (Wildman–Crippen LogP) is 2.95. The summed E-state index contributed by atoms with van der Waals surface area (Å²) < 4.78 is 5.13. The van der Waals surface area contributed by atoms with E-state index in [1.807, 2.05) is 54.6 Å². The Bertz CT molecular complexity index is 757. The minimum Gasteiger partial charge on any atom is -0.497 e. The number of nitrogens with zero attached hydrogens (tertiary/aromatic N) is 1. The van der Waals surface area contributed by atoms with Crippen molar-refractivity contribution in [3.05, 3.63) is 65.7 Å². The number of carbonyl (C=O) groups excluding carboxylic acids is 1. The van der Waals surface area contributed by atoms with Gasteiger partial charge in [-0.1, -0.05) is 42.5 Å². The maximum atomic E-state index is 12.6. The van der Waals surface area contributed by atoms with Gasteiger partial charge in [0.1, 0.15) is 5.75 Å². The molecule has 26 heavy (non-hydrogen) atoms. The molecule has 0 radical (unpaired) electrons. The minimum atomic E-state index is -0.843. The first kappa shape index (κ1) is 18.0. The number of benzene rings is 2. The summed E-state index contributed by atoms with van der Waals surface area (Å²) in [5, 5.41) is 9.55. The Balaban J connectivity index is 1.63. The topological polar surface area (TPSA) is 66.8 Å². The van der Waals surface area contributed by atoms with Gasteiger partial charge in [-0.05, 0) is 29.7 Å². The van der Waals surface area contributed by atoms with E-state index in [4.69, 9.17) is 4.74 Å². The maximum absolute atomic E-state index is 12.6. The van der Waals surface area contributed by atoms with E-state index in [0.717, 1.165) is 16.9 Å². The number of hydrogen-bond acceptors (Lipinski definition) is 3. The average molecular weight is 353 g/mol. The average Bonchev–Trinajstić information content (AvgIpc) is 3.13. The van der Waals surface area contributed by atoms with Crippen molar-refractivity contribution in [2.45, 2.75) is 18.8 Å². The first-order valence-corrected chi connectivity index (χ1v) is 8.77. The fourth-order valence-corrected chi connectivity index (χ4v) is 3.50. The van der Waals surface area contributed by atoms with Crippen molar-refractivity contribution in [2.75, 3.05) is 20.2 Å². The van der Waals surface area contributed by atoms with E-state index in [0.29, 0.717) is 19.4 Å². The number of methoxy groups -OCH3 is 1. The lowest BCUT2D eigenvalue weighted by molar-refractivity contribution is -0.141. The molecule has 1 fully saturated rings. The van der Waals surface area contributed by atoms with E-state index >= 15 is 0 Å². The number of likely N-dealkylation sites (tertiary alicyclic amines) is 1. The summed E-state index contributed by atoms with van der Waals surface area (Å²) in [6.45, 7) is 0.735. The van der Waals surface area contributed by atoms with Gasteiger partial charge in [0.15, 0.2) is 0 Å². The SMILES string of the molecule is COc1ccc(CCC(=O)N2C[C@H](C(=O)O)[C@H](c3ccccc3)C2)cc1. The number of rotatable bonds is 6. The smallest absolute Gasteiger partial charge is 0.308 e. The molecule has 0 saturated carbocycles. The number of amides is 1. The summed E-state index contributed by atoms with van der Waals surface area (Å²) in [5.41, 5.74) is 2.04. The van der Waals surface area contributed by atoms with Crippen molar-refractivity contribution in [1.82, 2.24) is 4.90 Å². The van der Waals surface area contributed by atoms with Crippen LogP contribution < -0.4 is 4.74 Å². The van der Waals surface area contributed by atoms with Crippen LogP contribution >= 0.6 is 0 Å². The van der Waals surface area contributed by atoms with E-state index < -0.39 is 11.9 Å². The summed E-state index contributed by atoms with van der Waals surface area (Å²) >= 11 is 0. The summed E-state index contributed by atoms with van der Waals surface area (Å²) in [6, 6.07) is 17.2. The van der Waals surface area contributed by atoms with Crippen molar-refractivity contribution in [3.63, 3.8) is 0 Å². The Morgan fingerprint density at radius 1 is 1.08 bits per heavy atom. The molecular formula is C21H23NO4. The van der Waals surface area contributed by atoms with Gasteiger partial charge in [-0.25, -0.2) is 0 Å². The van der Waals surface area contributed by atoms with Gasteiger partial charge in [-0.15, -0.1) is 0 Å². The third-order valence-corrected chi connectivity index (χ3v) is 5.00. The molecule has 5 heteroatoms. The van der Waals surface area contributed by atoms with Gasteiger partial charge in [-0.3, -0.25) is 9.59 Å². The van der Waals surface area contributed by atoms with Crippen molar-refractivity contribution in [1.29, 1.82) is 0 Å².